The fourth-order valence-corrected chi connectivity index (χ4v) is 1.69. The van der Waals surface area contributed by atoms with Crippen molar-refractivity contribution in [1.29, 1.82) is 0 Å². The SMILES string of the molecule is COC[C@](C)(CCO)NCC(=O)NC(=O)NC1CC1. The lowest BCUT2D eigenvalue weighted by Crippen LogP contribution is -2.52. The molecule has 1 aliphatic carbocycles. The Morgan fingerprint density at radius 3 is 2.63 bits per heavy atom. The highest BCUT2D eigenvalue weighted by atomic mass is 16.5. The van der Waals surface area contributed by atoms with Gasteiger partial charge in [-0.2, -0.15) is 0 Å². The first kappa shape index (κ1) is 15.9. The molecular formula is C12H23N3O4. The van der Waals surface area contributed by atoms with Crippen LogP contribution in [0.5, 0.6) is 0 Å². The van der Waals surface area contributed by atoms with Crippen LogP contribution in [0.15, 0.2) is 0 Å². The molecule has 7 nitrogen and oxygen atoms in total. The van der Waals surface area contributed by atoms with E-state index in [4.69, 9.17) is 9.84 Å². The highest BCUT2D eigenvalue weighted by Gasteiger charge is 2.26. The molecule has 1 aliphatic rings. The van der Waals surface area contributed by atoms with E-state index in [2.05, 4.69) is 16.0 Å². The maximum atomic E-state index is 11.6. The Morgan fingerprint density at radius 2 is 2.11 bits per heavy atom. The maximum absolute atomic E-state index is 11.6. The van der Waals surface area contributed by atoms with E-state index in [1.54, 1.807) is 7.11 Å². The van der Waals surface area contributed by atoms with Crippen LogP contribution in [0, 0.1) is 0 Å². The minimum Gasteiger partial charge on any atom is -0.396 e. The Balaban J connectivity index is 2.27. The van der Waals surface area contributed by atoms with Crippen LogP contribution in [-0.4, -0.2) is 55.5 Å². The topological polar surface area (TPSA) is 99.7 Å². The number of amides is 3. The van der Waals surface area contributed by atoms with E-state index in [9.17, 15) is 9.59 Å². The Bertz CT molecular complexity index is 312. The van der Waals surface area contributed by atoms with Gasteiger partial charge in [0.2, 0.25) is 5.91 Å². The molecule has 3 amide bonds. The van der Waals surface area contributed by atoms with Crippen molar-refractivity contribution in [3.05, 3.63) is 0 Å². The summed E-state index contributed by atoms with van der Waals surface area (Å²) in [5.74, 6) is -0.404. The summed E-state index contributed by atoms with van der Waals surface area (Å²) in [6, 6.07) is -0.237. The lowest BCUT2D eigenvalue weighted by molar-refractivity contribution is -0.119. The van der Waals surface area contributed by atoms with Gasteiger partial charge in [0.15, 0.2) is 0 Å². The first-order valence-electron chi connectivity index (χ1n) is 6.44. The molecular weight excluding hydrogens is 250 g/mol. The van der Waals surface area contributed by atoms with Crippen LogP contribution in [0.1, 0.15) is 26.2 Å². The van der Waals surface area contributed by atoms with Crippen molar-refractivity contribution in [2.75, 3.05) is 26.9 Å². The molecule has 0 saturated heterocycles. The average molecular weight is 273 g/mol. The van der Waals surface area contributed by atoms with Gasteiger partial charge in [-0.25, -0.2) is 4.79 Å². The van der Waals surface area contributed by atoms with Crippen molar-refractivity contribution in [3.8, 4) is 0 Å². The number of hydrogen-bond acceptors (Lipinski definition) is 5. The summed E-state index contributed by atoms with van der Waals surface area (Å²) < 4.78 is 5.05. The number of urea groups is 1. The number of aliphatic hydroxyl groups is 1. The predicted molar refractivity (Wildman–Crippen MR) is 69.7 cm³/mol. The van der Waals surface area contributed by atoms with Crippen molar-refractivity contribution in [2.24, 2.45) is 0 Å². The minimum absolute atomic E-state index is 0.00204. The molecule has 1 atom stereocenters. The maximum Gasteiger partial charge on any atom is 0.321 e. The smallest absolute Gasteiger partial charge is 0.321 e. The van der Waals surface area contributed by atoms with E-state index in [1.807, 2.05) is 6.92 Å². The molecule has 0 heterocycles. The number of rotatable bonds is 8. The third-order valence-electron chi connectivity index (χ3n) is 2.97. The summed E-state index contributed by atoms with van der Waals surface area (Å²) in [4.78, 5) is 22.9. The second-order valence-electron chi connectivity index (χ2n) is 5.12. The van der Waals surface area contributed by atoms with Crippen molar-refractivity contribution in [1.82, 2.24) is 16.0 Å². The van der Waals surface area contributed by atoms with E-state index in [0.29, 0.717) is 13.0 Å². The van der Waals surface area contributed by atoms with Crippen LogP contribution >= 0.6 is 0 Å². The van der Waals surface area contributed by atoms with Gasteiger partial charge in [-0.3, -0.25) is 10.1 Å². The molecule has 0 aliphatic heterocycles. The van der Waals surface area contributed by atoms with Crippen molar-refractivity contribution in [2.45, 2.75) is 37.8 Å². The molecule has 110 valence electrons. The Kier molecular flexibility index (Phi) is 6.20. The number of hydrogen-bond donors (Lipinski definition) is 4. The van der Waals surface area contributed by atoms with E-state index >= 15 is 0 Å². The molecule has 0 spiro atoms. The largest absolute Gasteiger partial charge is 0.396 e. The zero-order valence-electron chi connectivity index (χ0n) is 11.5. The van der Waals surface area contributed by atoms with Crippen LogP contribution < -0.4 is 16.0 Å². The number of methoxy groups -OCH3 is 1. The van der Waals surface area contributed by atoms with Gasteiger partial charge in [-0.1, -0.05) is 0 Å². The second-order valence-corrected chi connectivity index (χ2v) is 5.12. The first-order chi connectivity index (χ1) is 8.99. The molecule has 1 rings (SSSR count). The molecule has 0 aromatic carbocycles. The molecule has 0 aromatic heterocycles. The Morgan fingerprint density at radius 1 is 1.42 bits per heavy atom. The molecule has 0 unspecified atom stereocenters. The number of aliphatic hydroxyl groups excluding tert-OH is 1. The second kappa shape index (κ2) is 7.42. The van der Waals surface area contributed by atoms with Crippen LogP contribution in [0.2, 0.25) is 0 Å². The third kappa shape index (κ3) is 6.51. The summed E-state index contributed by atoms with van der Waals surface area (Å²) in [5, 5.41) is 16.9. The van der Waals surface area contributed by atoms with Gasteiger partial charge >= 0.3 is 6.03 Å². The molecule has 0 aromatic rings. The first-order valence-corrected chi connectivity index (χ1v) is 6.44. The third-order valence-corrected chi connectivity index (χ3v) is 2.97. The van der Waals surface area contributed by atoms with Gasteiger partial charge in [-0.15, -0.1) is 0 Å². The van der Waals surface area contributed by atoms with Gasteiger partial charge in [0.1, 0.15) is 0 Å². The molecule has 1 fully saturated rings. The van der Waals surface area contributed by atoms with Gasteiger partial charge < -0.3 is 20.5 Å². The van der Waals surface area contributed by atoms with Gasteiger partial charge in [-0.05, 0) is 26.2 Å². The average Bonchev–Trinajstić information content (AvgIpc) is 3.11. The number of nitrogens with one attached hydrogen (secondary N) is 3. The molecule has 19 heavy (non-hydrogen) atoms. The van der Waals surface area contributed by atoms with Gasteiger partial charge in [0, 0.05) is 25.3 Å². The summed E-state index contributed by atoms with van der Waals surface area (Å²) in [7, 11) is 1.56. The Labute approximate surface area is 113 Å². The molecule has 7 heteroatoms. The molecule has 4 N–H and O–H groups in total. The lowest BCUT2D eigenvalue weighted by atomic mass is 9.99. The molecule has 0 radical (unpaired) electrons. The highest BCUT2D eigenvalue weighted by Crippen LogP contribution is 2.18. The monoisotopic (exact) mass is 273 g/mol. The summed E-state index contributed by atoms with van der Waals surface area (Å²) in [6.45, 7) is 2.22. The normalized spacial score (nSPS) is 17.6. The summed E-state index contributed by atoms with van der Waals surface area (Å²) in [5.41, 5.74) is -0.492. The number of carbonyl (C=O) groups excluding carboxylic acids is 2. The quantitative estimate of drug-likeness (QED) is 0.471. The zero-order valence-corrected chi connectivity index (χ0v) is 11.5. The van der Waals surface area contributed by atoms with Crippen molar-refractivity contribution >= 4 is 11.9 Å². The highest BCUT2D eigenvalue weighted by molar-refractivity contribution is 5.95. The van der Waals surface area contributed by atoms with Crippen molar-refractivity contribution < 1.29 is 19.4 Å². The summed E-state index contributed by atoms with van der Waals surface area (Å²) >= 11 is 0. The lowest BCUT2D eigenvalue weighted by Gasteiger charge is -2.29. The van der Waals surface area contributed by atoms with Crippen LogP contribution in [-0.2, 0) is 9.53 Å². The number of carbonyl (C=O) groups is 2. The molecule has 0 bridgehead atoms. The van der Waals surface area contributed by atoms with Crippen LogP contribution in [0.4, 0.5) is 4.79 Å². The van der Waals surface area contributed by atoms with Gasteiger partial charge in [0.25, 0.3) is 0 Å². The zero-order chi connectivity index (χ0) is 14.3. The Hall–Kier alpha value is -1.18. The van der Waals surface area contributed by atoms with E-state index in [1.165, 1.54) is 0 Å². The van der Waals surface area contributed by atoms with Crippen molar-refractivity contribution in [3.63, 3.8) is 0 Å². The fraction of sp³-hybridized carbons (Fsp3) is 0.833. The standard InChI is InChI=1S/C12H23N3O4/c1-12(5-6-16,8-19-2)13-7-10(17)15-11(18)14-9-3-4-9/h9,13,16H,3-8H2,1-2H3,(H2,14,15,17,18)/t12-/m0/s1. The van der Waals surface area contributed by atoms with E-state index < -0.39 is 17.5 Å². The number of imide groups is 1. The number of ether oxygens (including phenoxy) is 1. The van der Waals surface area contributed by atoms with Crippen LogP contribution in [0.25, 0.3) is 0 Å². The molecule has 1 saturated carbocycles. The van der Waals surface area contributed by atoms with E-state index in [0.717, 1.165) is 12.8 Å². The fourth-order valence-electron chi connectivity index (χ4n) is 1.69. The van der Waals surface area contributed by atoms with Gasteiger partial charge in [0.05, 0.1) is 13.2 Å². The summed E-state index contributed by atoms with van der Waals surface area (Å²) in [6.07, 6.45) is 2.41. The predicted octanol–water partition coefficient (Wildman–Crippen LogP) is -0.648. The minimum atomic E-state index is -0.492. The van der Waals surface area contributed by atoms with Crippen LogP contribution in [0.3, 0.4) is 0 Å². The van der Waals surface area contributed by atoms with E-state index in [-0.39, 0.29) is 19.2 Å².